The van der Waals surface area contributed by atoms with Crippen molar-refractivity contribution < 1.29 is 4.74 Å². The fraction of sp³-hybridized carbons (Fsp3) is 1.00. The second-order valence-corrected chi connectivity index (χ2v) is 3.42. The van der Waals surface area contributed by atoms with Gasteiger partial charge in [-0.15, -0.1) is 0 Å². The molecule has 3 rings (SSSR count). The van der Waals surface area contributed by atoms with Gasteiger partial charge in [-0.1, -0.05) is 0 Å². The predicted molar refractivity (Wildman–Crippen MR) is 38.4 cm³/mol. The van der Waals surface area contributed by atoms with E-state index in [9.17, 15) is 0 Å². The van der Waals surface area contributed by atoms with Gasteiger partial charge in [-0.3, -0.25) is 0 Å². The number of ether oxygens (including phenoxy) is 1. The third-order valence-electron chi connectivity index (χ3n) is 2.69. The van der Waals surface area contributed by atoms with Crippen LogP contribution in [0.5, 0.6) is 0 Å². The Morgan fingerprint density at radius 1 is 1.10 bits per heavy atom. The molecule has 0 spiro atoms. The maximum atomic E-state index is 5.85. The van der Waals surface area contributed by atoms with Crippen molar-refractivity contribution in [2.45, 2.75) is 31.0 Å². The van der Waals surface area contributed by atoms with E-state index in [1.54, 1.807) is 0 Å². The molecule has 0 amide bonds. The van der Waals surface area contributed by atoms with Gasteiger partial charge in [0.1, 0.15) is 0 Å². The molecule has 3 aliphatic rings. The van der Waals surface area contributed by atoms with E-state index in [0.717, 1.165) is 19.4 Å². The van der Waals surface area contributed by atoms with E-state index < -0.39 is 0 Å². The first-order valence-corrected chi connectivity index (χ1v) is 3.90. The molecule has 10 heavy (non-hydrogen) atoms. The van der Waals surface area contributed by atoms with Crippen LogP contribution in [0.3, 0.4) is 0 Å². The Labute approximate surface area is 60.7 Å². The number of hydrogen-bond donors (Lipinski definition) is 2. The molecule has 1 aliphatic carbocycles. The number of fused-ring (bicyclic) bond motifs is 3. The zero-order chi connectivity index (χ0) is 7.14. The van der Waals surface area contributed by atoms with E-state index in [1.165, 1.54) is 0 Å². The fourth-order valence-corrected chi connectivity index (χ4v) is 2.00. The molecular weight excluding hydrogens is 128 g/mol. The Hall–Kier alpha value is -0.120. The lowest BCUT2D eigenvalue weighted by atomic mass is 9.78. The Bertz CT molecular complexity index is 128. The van der Waals surface area contributed by atoms with Crippen LogP contribution < -0.4 is 11.5 Å². The van der Waals surface area contributed by atoms with E-state index >= 15 is 0 Å². The summed E-state index contributed by atoms with van der Waals surface area (Å²) in [5.74, 6) is 0.421. The van der Waals surface area contributed by atoms with Gasteiger partial charge in [0.25, 0.3) is 0 Å². The van der Waals surface area contributed by atoms with Gasteiger partial charge in [-0.05, 0) is 12.8 Å². The van der Waals surface area contributed by atoms with Crippen LogP contribution in [0.1, 0.15) is 12.8 Å². The molecule has 4 N–H and O–H groups in total. The van der Waals surface area contributed by atoms with Gasteiger partial charge in [0.15, 0.2) is 0 Å². The molecule has 2 atom stereocenters. The van der Waals surface area contributed by atoms with Crippen molar-refractivity contribution in [1.82, 2.24) is 0 Å². The molecule has 3 heteroatoms. The molecule has 3 fully saturated rings. The van der Waals surface area contributed by atoms with Crippen molar-refractivity contribution in [2.75, 3.05) is 6.61 Å². The highest BCUT2D eigenvalue weighted by atomic mass is 16.5. The van der Waals surface area contributed by atoms with E-state index in [1.807, 2.05) is 0 Å². The first-order valence-electron chi connectivity index (χ1n) is 3.90. The minimum atomic E-state index is 0.294. The van der Waals surface area contributed by atoms with Crippen molar-refractivity contribution in [2.24, 2.45) is 17.4 Å². The predicted octanol–water partition coefficient (Wildman–Crippen LogP) is -0.550. The maximum Gasteiger partial charge on any atom is 0.0605 e. The summed E-state index contributed by atoms with van der Waals surface area (Å²) in [6, 6.07) is 0.588. The highest BCUT2D eigenvalue weighted by molar-refractivity contribution is 4.95. The van der Waals surface area contributed by atoms with Crippen LogP contribution in [0.2, 0.25) is 0 Å². The van der Waals surface area contributed by atoms with Gasteiger partial charge in [0.05, 0.1) is 12.7 Å². The Balaban J connectivity index is 2.11. The molecule has 2 bridgehead atoms. The van der Waals surface area contributed by atoms with Crippen molar-refractivity contribution in [3.63, 3.8) is 0 Å². The summed E-state index contributed by atoms with van der Waals surface area (Å²) >= 11 is 0. The van der Waals surface area contributed by atoms with Gasteiger partial charge in [-0.25, -0.2) is 0 Å². The van der Waals surface area contributed by atoms with Gasteiger partial charge >= 0.3 is 0 Å². The molecule has 2 saturated heterocycles. The van der Waals surface area contributed by atoms with E-state index in [-0.39, 0.29) is 0 Å². The van der Waals surface area contributed by atoms with Crippen molar-refractivity contribution in [1.29, 1.82) is 0 Å². The summed E-state index contributed by atoms with van der Waals surface area (Å²) in [6.45, 7) is 0.785. The lowest BCUT2D eigenvalue weighted by molar-refractivity contribution is -0.0815. The minimum absolute atomic E-state index is 0.294. The molecule has 3 nitrogen and oxygen atoms in total. The summed E-state index contributed by atoms with van der Waals surface area (Å²) in [5, 5.41) is 0. The highest BCUT2D eigenvalue weighted by Crippen LogP contribution is 2.30. The van der Waals surface area contributed by atoms with Gasteiger partial charge in [0, 0.05) is 18.0 Å². The van der Waals surface area contributed by atoms with Crippen LogP contribution in [0.15, 0.2) is 0 Å². The summed E-state index contributed by atoms with van der Waals surface area (Å²) in [4.78, 5) is 0. The first kappa shape index (κ1) is 6.58. The fourth-order valence-electron chi connectivity index (χ4n) is 2.00. The largest absolute Gasteiger partial charge is 0.378 e. The number of rotatable bonds is 0. The molecule has 58 valence electrons. The molecule has 2 heterocycles. The van der Waals surface area contributed by atoms with Crippen LogP contribution in [0.25, 0.3) is 0 Å². The van der Waals surface area contributed by atoms with E-state index in [4.69, 9.17) is 16.2 Å². The third-order valence-corrected chi connectivity index (χ3v) is 2.69. The Morgan fingerprint density at radius 3 is 2.00 bits per heavy atom. The smallest absolute Gasteiger partial charge is 0.0605 e. The highest BCUT2D eigenvalue weighted by Gasteiger charge is 2.39. The summed E-state index contributed by atoms with van der Waals surface area (Å²) in [6.07, 6.45) is 2.38. The lowest BCUT2D eigenvalue weighted by Gasteiger charge is -2.44. The average Bonchev–Trinajstić information content (AvgIpc) is 1.86. The SMILES string of the molecule is NC1CC2CC(N)C1CO2. The van der Waals surface area contributed by atoms with Crippen molar-refractivity contribution >= 4 is 0 Å². The minimum Gasteiger partial charge on any atom is -0.378 e. The second-order valence-electron chi connectivity index (χ2n) is 3.42. The van der Waals surface area contributed by atoms with E-state index in [0.29, 0.717) is 24.1 Å². The van der Waals surface area contributed by atoms with Gasteiger partial charge in [-0.2, -0.15) is 0 Å². The van der Waals surface area contributed by atoms with Crippen molar-refractivity contribution in [3.05, 3.63) is 0 Å². The molecule has 2 aliphatic heterocycles. The molecule has 1 saturated carbocycles. The van der Waals surface area contributed by atoms with Crippen molar-refractivity contribution in [3.8, 4) is 0 Å². The second kappa shape index (κ2) is 2.19. The molecular formula is C7H14N2O. The van der Waals surface area contributed by atoms with Crippen LogP contribution in [-0.4, -0.2) is 24.8 Å². The molecule has 2 unspecified atom stereocenters. The summed E-state index contributed by atoms with van der Waals surface area (Å²) in [7, 11) is 0. The molecule has 0 aromatic rings. The standard InChI is InChI=1S/C7H14N2O/c8-6-1-4-2-7(9)5(6)3-10-4/h4-7H,1-3,8-9H2. The number of hydrogen-bond acceptors (Lipinski definition) is 3. The maximum absolute atomic E-state index is 5.85. The van der Waals surface area contributed by atoms with E-state index in [2.05, 4.69) is 0 Å². The molecule has 0 radical (unpaired) electrons. The third kappa shape index (κ3) is 0.856. The van der Waals surface area contributed by atoms with Crippen LogP contribution >= 0.6 is 0 Å². The summed E-state index contributed by atoms with van der Waals surface area (Å²) in [5.41, 5.74) is 11.7. The monoisotopic (exact) mass is 142 g/mol. The van der Waals surface area contributed by atoms with Crippen LogP contribution in [0, 0.1) is 5.92 Å². The Morgan fingerprint density at radius 2 is 1.70 bits per heavy atom. The topological polar surface area (TPSA) is 61.3 Å². The van der Waals surface area contributed by atoms with Crippen LogP contribution in [-0.2, 0) is 4.74 Å². The normalized spacial score (nSPS) is 53.4. The molecule has 0 aromatic heterocycles. The lowest BCUT2D eigenvalue weighted by Crippen LogP contribution is -2.57. The Kier molecular flexibility index (Phi) is 1.44. The summed E-state index contributed by atoms with van der Waals surface area (Å²) < 4.78 is 5.46. The number of nitrogens with two attached hydrogens (primary N) is 2. The van der Waals surface area contributed by atoms with Crippen LogP contribution in [0.4, 0.5) is 0 Å². The average molecular weight is 142 g/mol. The molecule has 0 aromatic carbocycles. The van der Waals surface area contributed by atoms with Gasteiger partial charge in [0.2, 0.25) is 0 Å². The zero-order valence-corrected chi connectivity index (χ0v) is 5.99. The van der Waals surface area contributed by atoms with Gasteiger partial charge < -0.3 is 16.2 Å². The zero-order valence-electron chi connectivity index (χ0n) is 5.99. The quantitative estimate of drug-likeness (QED) is 0.477. The first-order chi connectivity index (χ1) is 4.77.